The molecular weight excluding hydrogens is 428 g/mol. The van der Waals surface area contributed by atoms with Gasteiger partial charge in [-0.3, -0.25) is 4.79 Å². The van der Waals surface area contributed by atoms with Crippen LogP contribution in [0.1, 0.15) is 29.2 Å². The smallest absolute Gasteiger partial charge is 0.247 e. The van der Waals surface area contributed by atoms with Gasteiger partial charge < -0.3 is 4.74 Å². The number of carbonyl (C=O) groups excluding carboxylic acids is 1. The van der Waals surface area contributed by atoms with Gasteiger partial charge in [-0.2, -0.15) is 5.10 Å². The van der Waals surface area contributed by atoms with E-state index in [0.29, 0.717) is 12.8 Å². The summed E-state index contributed by atoms with van der Waals surface area (Å²) in [4.78, 5) is 13.2. The lowest BCUT2D eigenvalue weighted by Gasteiger charge is -2.22. The number of carbonyl (C=O) groups is 1. The quantitative estimate of drug-likeness (QED) is 0.525. The lowest BCUT2D eigenvalue weighted by molar-refractivity contribution is -0.132. The van der Waals surface area contributed by atoms with Crippen molar-refractivity contribution in [3.8, 4) is 5.75 Å². The van der Waals surface area contributed by atoms with Gasteiger partial charge in [-0.25, -0.2) is 5.01 Å². The summed E-state index contributed by atoms with van der Waals surface area (Å²) in [5.41, 5.74) is 3.91. The van der Waals surface area contributed by atoms with Crippen molar-refractivity contribution < 1.29 is 9.53 Å². The maximum Gasteiger partial charge on any atom is 0.247 e. The highest BCUT2D eigenvalue weighted by molar-refractivity contribution is 9.10. The fourth-order valence-electron chi connectivity index (χ4n) is 3.54. The molecule has 0 spiro atoms. The Kier molecular flexibility index (Phi) is 5.76. The lowest BCUT2D eigenvalue weighted by atomic mass is 9.98. The molecule has 0 radical (unpaired) electrons. The number of halogens is 1. The molecular formula is C24H21BrN2O2. The van der Waals surface area contributed by atoms with Crippen molar-refractivity contribution >= 4 is 27.5 Å². The highest BCUT2D eigenvalue weighted by Gasteiger charge is 2.33. The predicted octanol–water partition coefficient (Wildman–Crippen LogP) is 5.38. The van der Waals surface area contributed by atoms with Crippen LogP contribution in [-0.4, -0.2) is 23.7 Å². The highest BCUT2D eigenvalue weighted by Crippen LogP contribution is 2.35. The second kappa shape index (κ2) is 8.62. The van der Waals surface area contributed by atoms with Crippen molar-refractivity contribution in [1.82, 2.24) is 5.01 Å². The standard InChI is InChI=1S/C24H21BrN2O2/c1-29-21-12-6-10-19(15-21)23-16-22(18-9-5-11-20(25)14-18)26-27(23)24(28)13-17-7-3-2-4-8-17/h2-12,14-15,23H,13,16H2,1H3/t23-/m0/s1. The summed E-state index contributed by atoms with van der Waals surface area (Å²) in [6.45, 7) is 0. The van der Waals surface area contributed by atoms with E-state index in [0.717, 1.165) is 32.6 Å². The molecule has 4 nitrogen and oxygen atoms in total. The van der Waals surface area contributed by atoms with E-state index in [1.54, 1.807) is 12.1 Å². The molecule has 0 bridgehead atoms. The molecule has 0 aromatic heterocycles. The Morgan fingerprint density at radius 2 is 1.86 bits per heavy atom. The third-order valence-electron chi connectivity index (χ3n) is 5.00. The third-order valence-corrected chi connectivity index (χ3v) is 5.49. The summed E-state index contributed by atoms with van der Waals surface area (Å²) in [6, 6.07) is 25.5. The van der Waals surface area contributed by atoms with E-state index in [9.17, 15) is 4.79 Å². The lowest BCUT2D eigenvalue weighted by Crippen LogP contribution is -2.28. The molecule has 3 aromatic carbocycles. The minimum Gasteiger partial charge on any atom is -0.497 e. The van der Waals surface area contributed by atoms with Crippen LogP contribution >= 0.6 is 15.9 Å². The Bertz CT molecular complexity index is 1050. The molecule has 0 saturated heterocycles. The van der Waals surface area contributed by atoms with E-state index < -0.39 is 0 Å². The van der Waals surface area contributed by atoms with Gasteiger partial charge in [0, 0.05) is 10.9 Å². The second-order valence-electron chi connectivity index (χ2n) is 6.95. The fraction of sp³-hybridized carbons (Fsp3) is 0.167. The monoisotopic (exact) mass is 448 g/mol. The Labute approximate surface area is 178 Å². The van der Waals surface area contributed by atoms with E-state index in [1.807, 2.05) is 78.9 Å². The van der Waals surface area contributed by atoms with Gasteiger partial charge in [0.2, 0.25) is 5.91 Å². The van der Waals surface area contributed by atoms with Crippen molar-refractivity contribution in [3.05, 3.63) is 100 Å². The number of amides is 1. The van der Waals surface area contributed by atoms with Crippen LogP contribution in [0.4, 0.5) is 0 Å². The average Bonchev–Trinajstić information content (AvgIpc) is 3.20. The summed E-state index contributed by atoms with van der Waals surface area (Å²) >= 11 is 3.52. The molecule has 1 aliphatic rings. The zero-order valence-electron chi connectivity index (χ0n) is 16.1. The van der Waals surface area contributed by atoms with Gasteiger partial charge in [-0.15, -0.1) is 0 Å². The van der Waals surface area contributed by atoms with Gasteiger partial charge in [0.25, 0.3) is 0 Å². The van der Waals surface area contributed by atoms with Crippen LogP contribution in [-0.2, 0) is 11.2 Å². The molecule has 1 amide bonds. The van der Waals surface area contributed by atoms with Crippen LogP contribution in [0.25, 0.3) is 0 Å². The minimum atomic E-state index is -0.157. The molecule has 4 rings (SSSR count). The minimum absolute atomic E-state index is 0.0194. The SMILES string of the molecule is COc1cccc([C@@H]2CC(c3cccc(Br)c3)=NN2C(=O)Cc2ccccc2)c1. The van der Waals surface area contributed by atoms with E-state index in [2.05, 4.69) is 15.9 Å². The molecule has 0 aliphatic carbocycles. The van der Waals surface area contributed by atoms with Gasteiger partial charge in [-0.05, 0) is 41.0 Å². The van der Waals surface area contributed by atoms with E-state index in [-0.39, 0.29) is 11.9 Å². The van der Waals surface area contributed by atoms with Crippen LogP contribution in [0.5, 0.6) is 5.75 Å². The topological polar surface area (TPSA) is 41.9 Å². The summed E-state index contributed by atoms with van der Waals surface area (Å²) in [5, 5.41) is 6.38. The Balaban J connectivity index is 1.68. The highest BCUT2D eigenvalue weighted by atomic mass is 79.9. The van der Waals surface area contributed by atoms with Gasteiger partial charge in [0.1, 0.15) is 5.75 Å². The van der Waals surface area contributed by atoms with Crippen LogP contribution < -0.4 is 4.74 Å². The van der Waals surface area contributed by atoms with E-state index in [1.165, 1.54) is 0 Å². The van der Waals surface area contributed by atoms with Crippen LogP contribution in [0.15, 0.2) is 88.4 Å². The average molecular weight is 449 g/mol. The zero-order chi connectivity index (χ0) is 20.2. The van der Waals surface area contributed by atoms with Crippen molar-refractivity contribution in [1.29, 1.82) is 0 Å². The summed E-state index contributed by atoms with van der Waals surface area (Å²) in [5.74, 6) is 0.753. The zero-order valence-corrected chi connectivity index (χ0v) is 17.7. The van der Waals surface area contributed by atoms with Crippen molar-refractivity contribution in [2.45, 2.75) is 18.9 Å². The summed E-state index contributed by atoms with van der Waals surface area (Å²) in [6.07, 6.45) is 0.973. The molecule has 5 heteroatoms. The van der Waals surface area contributed by atoms with Crippen LogP contribution in [0.3, 0.4) is 0 Å². The van der Waals surface area contributed by atoms with Crippen molar-refractivity contribution in [3.63, 3.8) is 0 Å². The molecule has 1 heterocycles. The Morgan fingerprint density at radius 1 is 1.07 bits per heavy atom. The van der Waals surface area contributed by atoms with Crippen molar-refractivity contribution in [2.24, 2.45) is 5.10 Å². The second-order valence-corrected chi connectivity index (χ2v) is 7.87. The number of nitrogens with zero attached hydrogens (tertiary/aromatic N) is 2. The normalized spacial score (nSPS) is 15.9. The maximum absolute atomic E-state index is 13.2. The fourth-order valence-corrected chi connectivity index (χ4v) is 3.94. The molecule has 1 atom stereocenters. The predicted molar refractivity (Wildman–Crippen MR) is 118 cm³/mol. The first-order valence-corrected chi connectivity index (χ1v) is 10.3. The van der Waals surface area contributed by atoms with Crippen LogP contribution in [0, 0.1) is 0 Å². The number of rotatable bonds is 5. The van der Waals surface area contributed by atoms with E-state index in [4.69, 9.17) is 9.84 Å². The Hall–Kier alpha value is -2.92. The third kappa shape index (κ3) is 4.40. The van der Waals surface area contributed by atoms with Crippen LogP contribution in [0.2, 0.25) is 0 Å². The van der Waals surface area contributed by atoms with E-state index >= 15 is 0 Å². The molecule has 29 heavy (non-hydrogen) atoms. The first-order valence-electron chi connectivity index (χ1n) is 9.47. The number of hydrogen-bond donors (Lipinski definition) is 0. The van der Waals surface area contributed by atoms with Gasteiger partial charge in [0.05, 0.1) is 25.3 Å². The van der Waals surface area contributed by atoms with Gasteiger partial charge in [0.15, 0.2) is 0 Å². The van der Waals surface area contributed by atoms with Gasteiger partial charge in [-0.1, -0.05) is 70.5 Å². The number of hydrogen-bond acceptors (Lipinski definition) is 3. The first-order chi connectivity index (χ1) is 14.1. The summed E-state index contributed by atoms with van der Waals surface area (Å²) < 4.78 is 6.38. The largest absolute Gasteiger partial charge is 0.497 e. The number of ether oxygens (including phenoxy) is 1. The number of hydrazone groups is 1. The first kappa shape index (κ1) is 19.4. The number of benzene rings is 3. The summed E-state index contributed by atoms with van der Waals surface area (Å²) in [7, 11) is 1.65. The molecule has 0 unspecified atom stereocenters. The Morgan fingerprint density at radius 3 is 2.62 bits per heavy atom. The molecule has 0 fully saturated rings. The molecule has 0 N–H and O–H groups in total. The molecule has 3 aromatic rings. The maximum atomic E-state index is 13.2. The molecule has 146 valence electrons. The number of methoxy groups -OCH3 is 1. The molecule has 1 aliphatic heterocycles. The van der Waals surface area contributed by atoms with Gasteiger partial charge >= 0.3 is 0 Å². The van der Waals surface area contributed by atoms with Crippen molar-refractivity contribution in [2.75, 3.05) is 7.11 Å². The molecule has 0 saturated carbocycles.